The maximum Gasteiger partial charge on any atom is 0.171 e. The van der Waals surface area contributed by atoms with Crippen molar-refractivity contribution in [2.75, 3.05) is 0 Å². The van der Waals surface area contributed by atoms with Gasteiger partial charge in [-0.1, -0.05) is 26.7 Å². The van der Waals surface area contributed by atoms with Gasteiger partial charge in [0.2, 0.25) is 0 Å². The molecule has 1 aromatic rings. The Kier molecular flexibility index (Phi) is 5.93. The standard InChI is InChI=1S/C14H17BrF2O/c1-3-5-9(6-4-2)14(18)12-11(16)8-7-10(15)13(12)17/h7-9H,3-6H2,1-2H3. The molecule has 0 unspecified atom stereocenters. The van der Waals surface area contributed by atoms with Crippen LogP contribution in [0.5, 0.6) is 0 Å². The Labute approximate surface area is 115 Å². The van der Waals surface area contributed by atoms with E-state index in [1.807, 2.05) is 13.8 Å². The molecular weight excluding hydrogens is 302 g/mol. The molecule has 0 aliphatic rings. The van der Waals surface area contributed by atoms with Crippen LogP contribution >= 0.6 is 15.9 Å². The molecule has 1 aromatic carbocycles. The lowest BCUT2D eigenvalue weighted by atomic mass is 9.89. The molecule has 0 radical (unpaired) electrons. The van der Waals surface area contributed by atoms with Crippen molar-refractivity contribution in [2.45, 2.75) is 39.5 Å². The van der Waals surface area contributed by atoms with E-state index < -0.39 is 23.0 Å². The summed E-state index contributed by atoms with van der Waals surface area (Å²) in [6, 6.07) is 2.39. The molecule has 0 aliphatic carbocycles. The number of ketones is 1. The van der Waals surface area contributed by atoms with Crippen molar-refractivity contribution in [1.82, 2.24) is 0 Å². The first-order valence-electron chi connectivity index (χ1n) is 6.20. The third kappa shape index (κ3) is 3.37. The zero-order valence-electron chi connectivity index (χ0n) is 10.6. The second-order valence-corrected chi connectivity index (χ2v) is 5.21. The Bertz CT molecular complexity index is 426. The number of Topliss-reactive ketones (excluding diaryl/α,β-unsaturated/α-hetero) is 1. The molecule has 4 heteroatoms. The van der Waals surface area contributed by atoms with Gasteiger partial charge in [-0.2, -0.15) is 0 Å². The van der Waals surface area contributed by atoms with Gasteiger partial charge >= 0.3 is 0 Å². The lowest BCUT2D eigenvalue weighted by Gasteiger charge is -2.15. The van der Waals surface area contributed by atoms with E-state index >= 15 is 0 Å². The highest BCUT2D eigenvalue weighted by atomic mass is 79.9. The quantitative estimate of drug-likeness (QED) is 0.525. The summed E-state index contributed by atoms with van der Waals surface area (Å²) in [4.78, 5) is 12.2. The van der Waals surface area contributed by atoms with E-state index in [0.717, 1.165) is 18.9 Å². The molecule has 0 spiro atoms. The van der Waals surface area contributed by atoms with E-state index in [9.17, 15) is 13.6 Å². The van der Waals surface area contributed by atoms with Crippen LogP contribution in [-0.4, -0.2) is 5.78 Å². The van der Waals surface area contributed by atoms with E-state index in [1.165, 1.54) is 6.07 Å². The van der Waals surface area contributed by atoms with Gasteiger partial charge in [0.15, 0.2) is 11.6 Å². The first kappa shape index (κ1) is 15.3. The van der Waals surface area contributed by atoms with Gasteiger partial charge in [-0.15, -0.1) is 0 Å². The number of benzene rings is 1. The highest BCUT2D eigenvalue weighted by molar-refractivity contribution is 9.10. The average Bonchev–Trinajstić information content (AvgIpc) is 2.34. The zero-order chi connectivity index (χ0) is 13.7. The van der Waals surface area contributed by atoms with E-state index in [0.29, 0.717) is 12.8 Å². The second-order valence-electron chi connectivity index (χ2n) is 4.36. The minimum Gasteiger partial charge on any atom is -0.294 e. The number of carbonyl (C=O) groups is 1. The summed E-state index contributed by atoms with van der Waals surface area (Å²) >= 11 is 2.98. The fraction of sp³-hybridized carbons (Fsp3) is 0.500. The van der Waals surface area contributed by atoms with Gasteiger partial charge in [-0.05, 0) is 40.9 Å². The molecule has 18 heavy (non-hydrogen) atoms. The van der Waals surface area contributed by atoms with Crippen LogP contribution in [0.1, 0.15) is 49.9 Å². The van der Waals surface area contributed by atoms with E-state index in [2.05, 4.69) is 15.9 Å². The van der Waals surface area contributed by atoms with Crippen molar-refractivity contribution in [3.63, 3.8) is 0 Å². The Morgan fingerprint density at radius 1 is 1.22 bits per heavy atom. The Hall–Kier alpha value is -0.770. The molecule has 0 saturated heterocycles. The van der Waals surface area contributed by atoms with Crippen molar-refractivity contribution in [3.05, 3.63) is 33.8 Å². The van der Waals surface area contributed by atoms with Gasteiger partial charge in [-0.3, -0.25) is 4.79 Å². The van der Waals surface area contributed by atoms with E-state index in [4.69, 9.17) is 0 Å². The molecule has 0 fully saturated rings. The maximum absolute atomic E-state index is 13.8. The van der Waals surface area contributed by atoms with Gasteiger partial charge in [0.05, 0.1) is 10.0 Å². The molecule has 0 bridgehead atoms. The maximum atomic E-state index is 13.8. The highest BCUT2D eigenvalue weighted by Crippen LogP contribution is 2.27. The number of halogens is 3. The van der Waals surface area contributed by atoms with Crippen molar-refractivity contribution in [1.29, 1.82) is 0 Å². The minimum atomic E-state index is -0.794. The largest absolute Gasteiger partial charge is 0.294 e. The van der Waals surface area contributed by atoms with Crippen LogP contribution < -0.4 is 0 Å². The fourth-order valence-electron chi connectivity index (χ4n) is 2.06. The molecule has 1 nitrogen and oxygen atoms in total. The number of rotatable bonds is 6. The summed E-state index contributed by atoms with van der Waals surface area (Å²) in [6.07, 6.45) is 2.98. The monoisotopic (exact) mass is 318 g/mol. The molecule has 100 valence electrons. The van der Waals surface area contributed by atoms with Gasteiger partial charge in [0, 0.05) is 5.92 Å². The zero-order valence-corrected chi connectivity index (χ0v) is 12.2. The van der Waals surface area contributed by atoms with Crippen LogP contribution in [0, 0.1) is 17.6 Å². The van der Waals surface area contributed by atoms with Crippen molar-refractivity contribution >= 4 is 21.7 Å². The molecular formula is C14H17BrF2O. The summed E-state index contributed by atoms with van der Waals surface area (Å²) < 4.78 is 27.6. The molecule has 1 rings (SSSR count). The Balaban J connectivity index is 3.11. The number of hydrogen-bond donors (Lipinski definition) is 0. The average molecular weight is 319 g/mol. The van der Waals surface area contributed by atoms with Gasteiger partial charge < -0.3 is 0 Å². The summed E-state index contributed by atoms with van der Waals surface area (Å²) in [5.74, 6) is -2.29. The van der Waals surface area contributed by atoms with Crippen LogP contribution in [0.4, 0.5) is 8.78 Å². The normalized spacial score (nSPS) is 11.0. The molecule has 0 heterocycles. The first-order chi connectivity index (χ1) is 8.52. The lowest BCUT2D eigenvalue weighted by Crippen LogP contribution is -2.18. The van der Waals surface area contributed by atoms with Gasteiger partial charge in [0.1, 0.15) is 5.82 Å². The molecule has 0 N–H and O–H groups in total. The smallest absolute Gasteiger partial charge is 0.171 e. The third-order valence-electron chi connectivity index (χ3n) is 2.94. The summed E-state index contributed by atoms with van der Waals surface area (Å²) in [5, 5.41) is 0. The minimum absolute atomic E-state index is 0.124. The molecule has 0 aromatic heterocycles. The lowest BCUT2D eigenvalue weighted by molar-refractivity contribution is 0.0896. The van der Waals surface area contributed by atoms with Gasteiger partial charge in [-0.25, -0.2) is 8.78 Å². The third-order valence-corrected chi connectivity index (χ3v) is 3.55. The predicted molar refractivity (Wildman–Crippen MR) is 71.7 cm³/mol. The Morgan fingerprint density at radius 2 is 1.78 bits per heavy atom. The van der Waals surface area contributed by atoms with E-state index in [-0.39, 0.29) is 10.4 Å². The molecule has 0 amide bonds. The van der Waals surface area contributed by atoms with E-state index in [1.54, 1.807) is 0 Å². The summed E-state index contributed by atoms with van der Waals surface area (Å²) in [7, 11) is 0. The number of hydrogen-bond acceptors (Lipinski definition) is 1. The van der Waals surface area contributed by atoms with Gasteiger partial charge in [0.25, 0.3) is 0 Å². The first-order valence-corrected chi connectivity index (χ1v) is 6.99. The predicted octanol–water partition coefficient (Wildman–Crippen LogP) is 5.13. The van der Waals surface area contributed by atoms with Crippen molar-refractivity contribution in [2.24, 2.45) is 5.92 Å². The SMILES string of the molecule is CCCC(CCC)C(=O)c1c(F)ccc(Br)c1F. The van der Waals surface area contributed by atoms with Crippen molar-refractivity contribution < 1.29 is 13.6 Å². The topological polar surface area (TPSA) is 17.1 Å². The fourth-order valence-corrected chi connectivity index (χ4v) is 2.39. The van der Waals surface area contributed by atoms with Crippen LogP contribution in [0.2, 0.25) is 0 Å². The second kappa shape index (κ2) is 6.98. The molecule has 0 saturated carbocycles. The van der Waals surface area contributed by atoms with Crippen LogP contribution in [0.25, 0.3) is 0 Å². The highest BCUT2D eigenvalue weighted by Gasteiger charge is 2.25. The Morgan fingerprint density at radius 3 is 2.28 bits per heavy atom. The molecule has 0 aliphatic heterocycles. The molecule has 0 atom stereocenters. The number of carbonyl (C=O) groups excluding carboxylic acids is 1. The summed E-state index contributed by atoms with van der Waals surface area (Å²) in [5.41, 5.74) is -0.406. The van der Waals surface area contributed by atoms with Crippen molar-refractivity contribution in [3.8, 4) is 0 Å². The summed E-state index contributed by atoms with van der Waals surface area (Å²) in [6.45, 7) is 3.92. The van der Waals surface area contributed by atoms with Crippen LogP contribution in [0.15, 0.2) is 16.6 Å². The van der Waals surface area contributed by atoms with Crippen LogP contribution in [-0.2, 0) is 0 Å². The van der Waals surface area contributed by atoms with Crippen LogP contribution in [0.3, 0.4) is 0 Å².